The van der Waals surface area contributed by atoms with E-state index in [0.717, 1.165) is 12.0 Å². The van der Waals surface area contributed by atoms with Gasteiger partial charge in [0.15, 0.2) is 0 Å². The Hall–Kier alpha value is -1.42. The van der Waals surface area contributed by atoms with Gasteiger partial charge in [-0.1, -0.05) is 31.9 Å². The molecular formula is C14H20N2O2. The molecule has 1 aromatic rings. The molecule has 0 heterocycles. The third-order valence-electron chi connectivity index (χ3n) is 4.24. The second-order valence-corrected chi connectivity index (χ2v) is 5.60. The van der Waals surface area contributed by atoms with Gasteiger partial charge in [0.25, 0.3) is 5.69 Å². The Morgan fingerprint density at radius 1 is 1.33 bits per heavy atom. The molecule has 4 heteroatoms. The van der Waals surface area contributed by atoms with Crippen LogP contribution in [0.15, 0.2) is 24.3 Å². The maximum atomic E-state index is 10.6. The van der Waals surface area contributed by atoms with Crippen molar-refractivity contribution in [1.29, 1.82) is 0 Å². The molecule has 1 atom stereocenters. The predicted molar refractivity (Wildman–Crippen MR) is 71.4 cm³/mol. The quantitative estimate of drug-likeness (QED) is 0.657. The summed E-state index contributed by atoms with van der Waals surface area (Å²) in [5.41, 5.74) is 7.77. The van der Waals surface area contributed by atoms with E-state index in [1.807, 2.05) is 12.1 Å². The molecule has 0 aromatic heterocycles. The molecule has 1 saturated carbocycles. The molecule has 1 aliphatic rings. The monoisotopic (exact) mass is 248 g/mol. The largest absolute Gasteiger partial charge is 0.327 e. The van der Waals surface area contributed by atoms with E-state index in [9.17, 15) is 10.1 Å². The fourth-order valence-corrected chi connectivity index (χ4v) is 2.81. The van der Waals surface area contributed by atoms with Crippen LogP contribution in [0.5, 0.6) is 0 Å². The summed E-state index contributed by atoms with van der Waals surface area (Å²) < 4.78 is 0. The van der Waals surface area contributed by atoms with Gasteiger partial charge < -0.3 is 5.73 Å². The molecule has 0 amide bonds. The first-order chi connectivity index (χ1) is 8.51. The number of non-ortho nitro benzene ring substituents is 1. The summed E-state index contributed by atoms with van der Waals surface area (Å²) in [6.45, 7) is 2.26. The van der Waals surface area contributed by atoms with Crippen LogP contribution in [0.4, 0.5) is 5.69 Å². The highest BCUT2D eigenvalue weighted by atomic mass is 16.6. The lowest BCUT2D eigenvalue weighted by Gasteiger charge is -2.31. The molecule has 0 spiro atoms. The van der Waals surface area contributed by atoms with E-state index in [1.54, 1.807) is 12.1 Å². The van der Waals surface area contributed by atoms with E-state index in [-0.39, 0.29) is 22.1 Å². The predicted octanol–water partition coefficient (Wildman–Crippen LogP) is 3.04. The van der Waals surface area contributed by atoms with Crippen molar-refractivity contribution in [3.63, 3.8) is 0 Å². The van der Waals surface area contributed by atoms with Crippen LogP contribution in [0.1, 0.15) is 38.2 Å². The highest BCUT2D eigenvalue weighted by Crippen LogP contribution is 2.40. The number of nitrogens with two attached hydrogens (primary N) is 1. The van der Waals surface area contributed by atoms with Gasteiger partial charge in [0.2, 0.25) is 0 Å². The van der Waals surface area contributed by atoms with Crippen LogP contribution in [0, 0.1) is 15.5 Å². The van der Waals surface area contributed by atoms with E-state index in [2.05, 4.69) is 6.92 Å². The SMILES string of the molecule is CC1(C(N)Cc2ccc([N+](=O)[O-])cc2)CCCC1. The van der Waals surface area contributed by atoms with Crippen molar-refractivity contribution < 1.29 is 4.92 Å². The zero-order valence-corrected chi connectivity index (χ0v) is 10.8. The van der Waals surface area contributed by atoms with Crippen molar-refractivity contribution in [2.75, 3.05) is 0 Å². The number of hydrogen-bond acceptors (Lipinski definition) is 3. The van der Waals surface area contributed by atoms with Gasteiger partial charge in [0.1, 0.15) is 0 Å². The number of hydrogen-bond donors (Lipinski definition) is 1. The summed E-state index contributed by atoms with van der Waals surface area (Å²) in [7, 11) is 0. The lowest BCUT2D eigenvalue weighted by molar-refractivity contribution is -0.384. The van der Waals surface area contributed by atoms with Crippen LogP contribution in [-0.2, 0) is 6.42 Å². The zero-order valence-electron chi connectivity index (χ0n) is 10.8. The Bertz CT molecular complexity index is 422. The highest BCUT2D eigenvalue weighted by molar-refractivity contribution is 5.33. The van der Waals surface area contributed by atoms with Crippen LogP contribution in [-0.4, -0.2) is 11.0 Å². The van der Waals surface area contributed by atoms with Gasteiger partial charge >= 0.3 is 0 Å². The normalized spacial score (nSPS) is 19.7. The van der Waals surface area contributed by atoms with Gasteiger partial charge in [0.05, 0.1) is 4.92 Å². The summed E-state index contributed by atoms with van der Waals surface area (Å²) in [4.78, 5) is 10.2. The Kier molecular flexibility index (Phi) is 3.66. The number of benzene rings is 1. The lowest BCUT2D eigenvalue weighted by Crippen LogP contribution is -2.39. The van der Waals surface area contributed by atoms with Gasteiger partial charge in [-0.25, -0.2) is 0 Å². The molecule has 4 nitrogen and oxygen atoms in total. The van der Waals surface area contributed by atoms with Crippen molar-refractivity contribution in [2.24, 2.45) is 11.1 Å². The van der Waals surface area contributed by atoms with Gasteiger partial charge in [-0.15, -0.1) is 0 Å². The standard InChI is InChI=1S/C14H20N2O2/c1-14(8-2-3-9-14)13(15)10-11-4-6-12(7-5-11)16(17)18/h4-7,13H,2-3,8-10,15H2,1H3. The Labute approximate surface area is 107 Å². The van der Waals surface area contributed by atoms with Crippen molar-refractivity contribution >= 4 is 5.69 Å². The van der Waals surface area contributed by atoms with Gasteiger partial charge in [-0.05, 0) is 30.2 Å². The van der Waals surface area contributed by atoms with E-state index in [0.29, 0.717) is 0 Å². The van der Waals surface area contributed by atoms with Gasteiger partial charge in [0, 0.05) is 18.2 Å². The van der Waals surface area contributed by atoms with Crippen molar-refractivity contribution in [1.82, 2.24) is 0 Å². The van der Waals surface area contributed by atoms with Crippen molar-refractivity contribution in [3.8, 4) is 0 Å². The highest BCUT2D eigenvalue weighted by Gasteiger charge is 2.34. The smallest absolute Gasteiger partial charge is 0.269 e. The van der Waals surface area contributed by atoms with E-state index >= 15 is 0 Å². The fourth-order valence-electron chi connectivity index (χ4n) is 2.81. The number of nitrogens with zero attached hydrogens (tertiary/aromatic N) is 1. The number of nitro groups is 1. The fraction of sp³-hybridized carbons (Fsp3) is 0.571. The van der Waals surface area contributed by atoms with Crippen LogP contribution in [0.3, 0.4) is 0 Å². The molecule has 1 aromatic carbocycles. The molecule has 0 saturated heterocycles. The average molecular weight is 248 g/mol. The Morgan fingerprint density at radius 3 is 2.39 bits per heavy atom. The molecule has 18 heavy (non-hydrogen) atoms. The molecule has 0 bridgehead atoms. The summed E-state index contributed by atoms with van der Waals surface area (Å²) in [5.74, 6) is 0. The summed E-state index contributed by atoms with van der Waals surface area (Å²) in [6, 6.07) is 6.88. The molecule has 0 aliphatic heterocycles. The van der Waals surface area contributed by atoms with Crippen molar-refractivity contribution in [3.05, 3.63) is 39.9 Å². The molecule has 98 valence electrons. The van der Waals surface area contributed by atoms with Crippen LogP contribution < -0.4 is 5.73 Å². The summed E-state index contributed by atoms with van der Waals surface area (Å²) in [5, 5.41) is 10.6. The van der Waals surface area contributed by atoms with Gasteiger partial charge in [-0.3, -0.25) is 10.1 Å². The van der Waals surface area contributed by atoms with E-state index in [1.165, 1.54) is 25.7 Å². The molecular weight excluding hydrogens is 228 g/mol. The van der Waals surface area contributed by atoms with E-state index in [4.69, 9.17) is 5.73 Å². The zero-order chi connectivity index (χ0) is 13.2. The van der Waals surface area contributed by atoms with Crippen LogP contribution >= 0.6 is 0 Å². The van der Waals surface area contributed by atoms with Crippen LogP contribution in [0.2, 0.25) is 0 Å². The second-order valence-electron chi connectivity index (χ2n) is 5.60. The average Bonchev–Trinajstić information content (AvgIpc) is 2.78. The minimum absolute atomic E-state index is 0.138. The third-order valence-corrected chi connectivity index (χ3v) is 4.24. The Balaban J connectivity index is 2.02. The molecule has 0 radical (unpaired) electrons. The third kappa shape index (κ3) is 2.70. The molecule has 2 rings (SSSR count). The first kappa shape index (κ1) is 13.0. The van der Waals surface area contributed by atoms with Gasteiger partial charge in [-0.2, -0.15) is 0 Å². The number of nitro benzene ring substituents is 1. The molecule has 2 N–H and O–H groups in total. The minimum Gasteiger partial charge on any atom is -0.327 e. The maximum absolute atomic E-state index is 10.6. The van der Waals surface area contributed by atoms with E-state index < -0.39 is 0 Å². The first-order valence-corrected chi connectivity index (χ1v) is 6.50. The Morgan fingerprint density at radius 2 is 1.89 bits per heavy atom. The summed E-state index contributed by atoms with van der Waals surface area (Å²) >= 11 is 0. The maximum Gasteiger partial charge on any atom is 0.269 e. The topological polar surface area (TPSA) is 69.2 Å². The molecule has 1 aliphatic carbocycles. The minimum atomic E-state index is -0.373. The van der Waals surface area contributed by atoms with Crippen molar-refractivity contribution in [2.45, 2.75) is 45.1 Å². The lowest BCUT2D eigenvalue weighted by atomic mass is 9.78. The molecule has 1 fully saturated rings. The van der Waals surface area contributed by atoms with Crippen LogP contribution in [0.25, 0.3) is 0 Å². The first-order valence-electron chi connectivity index (χ1n) is 6.50. The second kappa shape index (κ2) is 5.06. The molecule has 1 unspecified atom stereocenters. The number of rotatable bonds is 4. The summed E-state index contributed by atoms with van der Waals surface area (Å²) in [6.07, 6.45) is 5.73.